The van der Waals surface area contributed by atoms with Crippen molar-refractivity contribution < 1.29 is 8.42 Å². The minimum absolute atomic E-state index is 0. The van der Waals surface area contributed by atoms with E-state index >= 15 is 0 Å². The van der Waals surface area contributed by atoms with Crippen LogP contribution in [0.1, 0.15) is 25.3 Å². The van der Waals surface area contributed by atoms with Crippen molar-refractivity contribution in [1.82, 2.24) is 14.9 Å². The van der Waals surface area contributed by atoms with Gasteiger partial charge in [-0.05, 0) is 37.1 Å². The first-order valence-corrected chi connectivity index (χ1v) is 10.8. The van der Waals surface area contributed by atoms with Crippen LogP contribution in [0.4, 0.5) is 0 Å². The van der Waals surface area contributed by atoms with Crippen molar-refractivity contribution in [2.45, 2.75) is 36.0 Å². The molecule has 2 rings (SSSR count). The van der Waals surface area contributed by atoms with Gasteiger partial charge in [0.15, 0.2) is 5.96 Å². The van der Waals surface area contributed by atoms with Crippen LogP contribution in [-0.2, 0) is 16.6 Å². The van der Waals surface area contributed by atoms with Gasteiger partial charge in [0.05, 0.1) is 4.90 Å². The van der Waals surface area contributed by atoms with E-state index in [-0.39, 0.29) is 28.7 Å². The number of guanidine groups is 1. The molecule has 26 heavy (non-hydrogen) atoms. The van der Waals surface area contributed by atoms with Gasteiger partial charge in [0, 0.05) is 39.0 Å². The molecule has 0 saturated carbocycles. The first kappa shape index (κ1) is 23.5. The summed E-state index contributed by atoms with van der Waals surface area (Å²) >= 11 is 1.99. The molecule has 0 spiro atoms. The lowest BCUT2D eigenvalue weighted by molar-refractivity contribution is 0.519. The molecule has 1 aliphatic rings. The molecule has 2 N–H and O–H groups in total. The molecule has 1 aromatic carbocycles. The van der Waals surface area contributed by atoms with Crippen LogP contribution in [0, 0.1) is 0 Å². The number of nitrogens with one attached hydrogen (secondary N) is 2. The SMILES string of the molecule is CN=C(NCc1ccccc1S(=O)(=O)N(C)C)NCC1(C)CCCS1.I. The van der Waals surface area contributed by atoms with Crippen LogP contribution in [0.5, 0.6) is 0 Å². The first-order chi connectivity index (χ1) is 11.8. The Balaban J connectivity index is 0.00000338. The molecule has 0 aliphatic carbocycles. The lowest BCUT2D eigenvalue weighted by Gasteiger charge is -2.24. The summed E-state index contributed by atoms with van der Waals surface area (Å²) in [7, 11) is 1.34. The Morgan fingerprint density at radius 3 is 2.58 bits per heavy atom. The number of sulfonamides is 1. The van der Waals surface area contributed by atoms with E-state index in [1.807, 2.05) is 23.9 Å². The zero-order valence-electron chi connectivity index (χ0n) is 15.8. The monoisotopic (exact) mass is 512 g/mol. The van der Waals surface area contributed by atoms with Crippen molar-refractivity contribution in [2.24, 2.45) is 4.99 Å². The summed E-state index contributed by atoms with van der Waals surface area (Å²) in [5, 5.41) is 6.59. The van der Waals surface area contributed by atoms with E-state index < -0.39 is 10.0 Å². The van der Waals surface area contributed by atoms with Gasteiger partial charge in [0.2, 0.25) is 10.0 Å². The number of nitrogens with zero attached hydrogens (tertiary/aromatic N) is 2. The fourth-order valence-electron chi connectivity index (χ4n) is 2.74. The Bertz CT molecular complexity index is 717. The van der Waals surface area contributed by atoms with Gasteiger partial charge in [0.1, 0.15) is 0 Å². The smallest absolute Gasteiger partial charge is 0.242 e. The Kier molecular flexibility index (Phi) is 9.17. The van der Waals surface area contributed by atoms with E-state index in [1.54, 1.807) is 33.3 Å². The normalized spacial score (nSPS) is 20.7. The Morgan fingerprint density at radius 2 is 2.00 bits per heavy atom. The summed E-state index contributed by atoms with van der Waals surface area (Å²) in [4.78, 5) is 4.57. The molecule has 0 aromatic heterocycles. The number of thioether (sulfide) groups is 1. The second-order valence-electron chi connectivity index (χ2n) is 6.58. The minimum Gasteiger partial charge on any atom is -0.355 e. The van der Waals surface area contributed by atoms with Gasteiger partial charge in [-0.25, -0.2) is 12.7 Å². The number of hydrogen-bond donors (Lipinski definition) is 2. The van der Waals surface area contributed by atoms with Gasteiger partial charge < -0.3 is 10.6 Å². The highest BCUT2D eigenvalue weighted by Gasteiger charge is 2.29. The molecule has 0 amide bonds. The number of aliphatic imine (C=N–C) groups is 1. The molecule has 1 atom stereocenters. The largest absolute Gasteiger partial charge is 0.355 e. The topological polar surface area (TPSA) is 73.8 Å². The van der Waals surface area contributed by atoms with Crippen molar-refractivity contribution in [3.05, 3.63) is 29.8 Å². The third-order valence-corrected chi connectivity index (χ3v) is 7.79. The van der Waals surface area contributed by atoms with Crippen LogP contribution in [0.25, 0.3) is 0 Å². The standard InChI is InChI=1S/C17H28N4O2S2.HI/c1-17(10-7-11-24-17)13-20-16(18-2)19-12-14-8-5-6-9-15(14)25(22,23)21(3)4;/h5-6,8-9H,7,10-13H2,1-4H3,(H2,18,19,20);1H. The summed E-state index contributed by atoms with van der Waals surface area (Å²) in [5.41, 5.74) is 0.723. The van der Waals surface area contributed by atoms with Gasteiger partial charge in [-0.2, -0.15) is 11.8 Å². The molecule has 1 fully saturated rings. The fourth-order valence-corrected chi connectivity index (χ4v) is 5.10. The lowest BCUT2D eigenvalue weighted by Crippen LogP contribution is -2.43. The average Bonchev–Trinajstić information content (AvgIpc) is 3.02. The van der Waals surface area contributed by atoms with E-state index in [4.69, 9.17) is 0 Å². The quantitative estimate of drug-likeness (QED) is 0.348. The van der Waals surface area contributed by atoms with E-state index in [2.05, 4.69) is 22.5 Å². The van der Waals surface area contributed by atoms with E-state index in [1.165, 1.54) is 22.9 Å². The van der Waals surface area contributed by atoms with Gasteiger partial charge in [0.25, 0.3) is 0 Å². The summed E-state index contributed by atoms with van der Waals surface area (Å²) in [6, 6.07) is 7.05. The highest BCUT2D eigenvalue weighted by molar-refractivity contribution is 14.0. The summed E-state index contributed by atoms with van der Waals surface area (Å²) < 4.78 is 26.4. The van der Waals surface area contributed by atoms with E-state index in [9.17, 15) is 8.42 Å². The maximum absolute atomic E-state index is 12.5. The highest BCUT2D eigenvalue weighted by atomic mass is 127. The predicted octanol–water partition coefficient (Wildman–Crippen LogP) is 2.51. The van der Waals surface area contributed by atoms with Crippen LogP contribution in [0.2, 0.25) is 0 Å². The molecule has 1 unspecified atom stereocenters. The lowest BCUT2D eigenvalue weighted by atomic mass is 10.1. The summed E-state index contributed by atoms with van der Waals surface area (Å²) in [5.74, 6) is 1.89. The van der Waals surface area contributed by atoms with Crippen LogP contribution >= 0.6 is 35.7 Å². The fraction of sp³-hybridized carbons (Fsp3) is 0.588. The third-order valence-electron chi connectivity index (χ3n) is 4.33. The molecule has 148 valence electrons. The third kappa shape index (κ3) is 6.00. The van der Waals surface area contributed by atoms with Crippen LogP contribution in [0.3, 0.4) is 0 Å². The molecular weight excluding hydrogens is 483 g/mol. The minimum atomic E-state index is -3.47. The number of rotatable bonds is 6. The molecule has 1 saturated heterocycles. The molecular formula is C17H29IN4O2S2. The molecule has 0 radical (unpaired) electrons. The zero-order chi connectivity index (χ0) is 18.5. The Morgan fingerprint density at radius 1 is 1.31 bits per heavy atom. The van der Waals surface area contributed by atoms with Gasteiger partial charge >= 0.3 is 0 Å². The first-order valence-electron chi connectivity index (χ1n) is 8.37. The van der Waals surface area contributed by atoms with Gasteiger partial charge in [-0.1, -0.05) is 18.2 Å². The predicted molar refractivity (Wildman–Crippen MR) is 121 cm³/mol. The van der Waals surface area contributed by atoms with Crippen molar-refractivity contribution >= 4 is 51.7 Å². The van der Waals surface area contributed by atoms with Crippen molar-refractivity contribution in [1.29, 1.82) is 0 Å². The van der Waals surface area contributed by atoms with Gasteiger partial charge in [-0.3, -0.25) is 4.99 Å². The molecule has 0 bridgehead atoms. The van der Waals surface area contributed by atoms with Crippen molar-refractivity contribution in [2.75, 3.05) is 33.4 Å². The number of benzene rings is 1. The average molecular weight is 512 g/mol. The number of halogens is 1. The van der Waals surface area contributed by atoms with Crippen molar-refractivity contribution in [3.63, 3.8) is 0 Å². The van der Waals surface area contributed by atoms with Crippen molar-refractivity contribution in [3.8, 4) is 0 Å². The maximum atomic E-state index is 12.5. The summed E-state index contributed by atoms with van der Waals surface area (Å²) in [6.45, 7) is 3.51. The molecule has 1 heterocycles. The van der Waals surface area contributed by atoms with Crippen LogP contribution in [-0.4, -0.2) is 56.9 Å². The van der Waals surface area contributed by atoms with Crippen LogP contribution in [0.15, 0.2) is 34.2 Å². The molecule has 1 aliphatic heterocycles. The Labute approximate surface area is 178 Å². The molecule has 6 nitrogen and oxygen atoms in total. The van der Waals surface area contributed by atoms with E-state index in [0.29, 0.717) is 17.4 Å². The molecule has 1 aromatic rings. The summed E-state index contributed by atoms with van der Waals surface area (Å²) in [6.07, 6.45) is 2.45. The maximum Gasteiger partial charge on any atom is 0.242 e. The van der Waals surface area contributed by atoms with Crippen LogP contribution < -0.4 is 10.6 Å². The number of hydrogen-bond acceptors (Lipinski definition) is 4. The Hall–Kier alpha value is -0.520. The zero-order valence-corrected chi connectivity index (χ0v) is 19.7. The van der Waals surface area contributed by atoms with Gasteiger partial charge in [-0.15, -0.1) is 24.0 Å². The second kappa shape index (κ2) is 10.1. The second-order valence-corrected chi connectivity index (χ2v) is 10.4. The molecule has 9 heteroatoms. The highest BCUT2D eigenvalue weighted by Crippen LogP contribution is 2.36. The van der Waals surface area contributed by atoms with E-state index in [0.717, 1.165) is 12.1 Å².